The summed E-state index contributed by atoms with van der Waals surface area (Å²) < 4.78 is 71.1. The molecule has 4 rings (SSSR count). The number of carbonyl (C=O) groups is 2. The first-order chi connectivity index (χ1) is 21.4. The van der Waals surface area contributed by atoms with Gasteiger partial charge in [-0.05, 0) is 79.7 Å². The van der Waals surface area contributed by atoms with Crippen LogP contribution in [-0.2, 0) is 33.3 Å². The van der Waals surface area contributed by atoms with Gasteiger partial charge in [0.1, 0.15) is 12.5 Å². The number of rotatable bonds is 12. The molecule has 0 aliphatic carbocycles. The molecule has 0 bridgehead atoms. The minimum absolute atomic E-state index is 0.0961. The van der Waals surface area contributed by atoms with Crippen LogP contribution >= 0.6 is 0 Å². The third-order valence-electron chi connectivity index (χ3n) is 6.52. The van der Waals surface area contributed by atoms with Crippen molar-refractivity contribution in [2.45, 2.75) is 52.0 Å². The van der Waals surface area contributed by atoms with Crippen LogP contribution in [-0.4, -0.2) is 35.7 Å². The minimum atomic E-state index is -5.46. The molecule has 1 amide bonds. The lowest BCUT2D eigenvalue weighted by molar-refractivity contribution is -0.213. The summed E-state index contributed by atoms with van der Waals surface area (Å²) in [6, 6.07) is 16.3. The lowest BCUT2D eigenvalue weighted by Crippen LogP contribution is -2.54. The largest absolute Gasteiger partial charge is 0.491 e. The number of nitrogens with zero attached hydrogens (tertiary/aromatic N) is 1. The Balaban J connectivity index is 1.89. The predicted octanol–water partition coefficient (Wildman–Crippen LogP) is 6.16. The number of benzene rings is 3. The summed E-state index contributed by atoms with van der Waals surface area (Å²) >= 11 is 0. The summed E-state index contributed by atoms with van der Waals surface area (Å²) in [5, 5.41) is 6.37. The number of esters is 1. The van der Waals surface area contributed by atoms with Crippen molar-refractivity contribution in [3.05, 3.63) is 89.6 Å². The van der Waals surface area contributed by atoms with Crippen LogP contribution in [0.3, 0.4) is 0 Å². The molecule has 1 atom stereocenters. The third-order valence-corrected chi connectivity index (χ3v) is 6.52. The Morgan fingerprint density at radius 2 is 1.73 bits per heavy atom. The van der Waals surface area contributed by atoms with E-state index in [9.17, 15) is 27.2 Å². The number of nitrogens with two attached hydrogens (primary N) is 1. The molecule has 9 nitrogen and oxygen atoms in total. The number of aromatic nitrogens is 1. The van der Waals surface area contributed by atoms with Gasteiger partial charge >= 0.3 is 12.1 Å². The van der Waals surface area contributed by atoms with Crippen molar-refractivity contribution < 1.29 is 41.4 Å². The Morgan fingerprint density at radius 3 is 2.42 bits per heavy atom. The average Bonchev–Trinajstić information content (AvgIpc) is 3.00. The summed E-state index contributed by atoms with van der Waals surface area (Å²) in [6.07, 6.45) is -4.31. The lowest BCUT2D eigenvalue weighted by atomic mass is 9.99. The number of alkyl halides is 4. The van der Waals surface area contributed by atoms with Crippen molar-refractivity contribution >= 4 is 34.2 Å². The van der Waals surface area contributed by atoms with Gasteiger partial charge in [-0.25, -0.2) is 14.2 Å². The highest BCUT2D eigenvalue weighted by Crippen LogP contribution is 2.38. The second-order valence-corrected chi connectivity index (χ2v) is 10.2. The third kappa shape index (κ3) is 7.72. The van der Waals surface area contributed by atoms with Crippen molar-refractivity contribution in [2.75, 3.05) is 17.7 Å². The smallest absolute Gasteiger partial charge is 0.490 e. The summed E-state index contributed by atoms with van der Waals surface area (Å²) in [5.41, 5.74) is 3.86. The van der Waals surface area contributed by atoms with Crippen molar-refractivity contribution in [3.8, 4) is 11.5 Å². The molecule has 0 aliphatic rings. The maximum Gasteiger partial charge on any atom is 0.491 e. The fourth-order valence-corrected chi connectivity index (χ4v) is 4.55. The number of hydrogen-bond donors (Lipinski definition) is 3. The van der Waals surface area contributed by atoms with Gasteiger partial charge in [-0.1, -0.05) is 24.3 Å². The van der Waals surface area contributed by atoms with E-state index in [1.54, 1.807) is 51.1 Å². The molecule has 0 spiro atoms. The first-order valence-corrected chi connectivity index (χ1v) is 13.9. The molecule has 0 fully saturated rings. The monoisotopic (exact) mass is 628 g/mol. The molecule has 0 saturated carbocycles. The van der Waals surface area contributed by atoms with Gasteiger partial charge < -0.3 is 30.6 Å². The summed E-state index contributed by atoms with van der Waals surface area (Å²) in [5.74, 6) is -3.22. The zero-order valence-electron chi connectivity index (χ0n) is 24.7. The molecule has 0 radical (unpaired) electrons. The average molecular weight is 629 g/mol. The molecule has 238 valence electrons. The van der Waals surface area contributed by atoms with Crippen LogP contribution in [0, 0.1) is 0 Å². The number of amides is 1. The van der Waals surface area contributed by atoms with Gasteiger partial charge in [0.25, 0.3) is 11.6 Å². The van der Waals surface area contributed by atoms with E-state index in [0.29, 0.717) is 21.9 Å². The molecule has 1 aromatic heterocycles. The molecule has 4 N–H and O–H groups in total. The van der Waals surface area contributed by atoms with Gasteiger partial charge in [0, 0.05) is 29.4 Å². The fraction of sp³-hybridized carbons (Fsp3) is 0.281. The van der Waals surface area contributed by atoms with E-state index >= 15 is 0 Å². The first kappa shape index (κ1) is 32.8. The Labute approximate surface area is 256 Å². The lowest BCUT2D eigenvalue weighted by Gasteiger charge is -2.34. The van der Waals surface area contributed by atoms with Gasteiger partial charge in [0.15, 0.2) is 11.5 Å². The number of pyridine rings is 1. The standard InChI is InChI=1S/C32H32F4N4O5/c1-4-43-27-16-23(8-11-26(27)44-19(2)3)31(45-30(42)32(34,35)36,29(41)39-18-21-7-5-6-20(14-21)17-33)40-24-9-10-25-22(15-24)12-13-38-28(25)37/h5-16,19,40H,4,17-18H2,1-3H3,(H2,37,38)(H,39,41). The zero-order valence-corrected chi connectivity index (χ0v) is 24.7. The predicted molar refractivity (Wildman–Crippen MR) is 160 cm³/mol. The second kappa shape index (κ2) is 13.7. The maximum atomic E-state index is 14.1. The number of nitrogen functional groups attached to an aromatic ring is 1. The van der Waals surface area contributed by atoms with Crippen molar-refractivity contribution in [3.63, 3.8) is 0 Å². The highest BCUT2D eigenvalue weighted by molar-refractivity contribution is 5.95. The van der Waals surface area contributed by atoms with Gasteiger partial charge in [-0.15, -0.1) is 0 Å². The van der Waals surface area contributed by atoms with Gasteiger partial charge in [0.05, 0.1) is 12.7 Å². The molecule has 1 unspecified atom stereocenters. The van der Waals surface area contributed by atoms with E-state index in [4.69, 9.17) is 19.9 Å². The summed E-state index contributed by atoms with van der Waals surface area (Å²) in [4.78, 5) is 30.6. The number of nitrogens with one attached hydrogen (secondary N) is 2. The van der Waals surface area contributed by atoms with Gasteiger partial charge in [-0.3, -0.25) is 4.79 Å². The molecular formula is C32H32F4N4O5. The van der Waals surface area contributed by atoms with E-state index in [2.05, 4.69) is 15.6 Å². The Kier molecular flexibility index (Phi) is 10.00. The number of anilines is 2. The van der Waals surface area contributed by atoms with Crippen LogP contribution in [0.25, 0.3) is 10.8 Å². The SMILES string of the molecule is CCOc1cc(C(Nc2ccc3c(N)nccc3c2)(OC(=O)C(F)(F)F)C(=O)NCc2cccc(CF)c2)ccc1OC(C)C. The number of halogens is 4. The zero-order chi connectivity index (χ0) is 32.8. The van der Waals surface area contributed by atoms with E-state index in [0.717, 1.165) is 0 Å². The van der Waals surface area contributed by atoms with E-state index < -0.39 is 30.5 Å². The van der Waals surface area contributed by atoms with Crippen molar-refractivity contribution in [2.24, 2.45) is 0 Å². The minimum Gasteiger partial charge on any atom is -0.490 e. The van der Waals surface area contributed by atoms with Crippen LogP contribution in [0.4, 0.5) is 29.1 Å². The van der Waals surface area contributed by atoms with Crippen LogP contribution in [0.15, 0.2) is 72.9 Å². The highest BCUT2D eigenvalue weighted by Gasteiger charge is 2.52. The van der Waals surface area contributed by atoms with E-state index in [1.807, 2.05) is 0 Å². The Bertz CT molecular complexity index is 1680. The molecule has 45 heavy (non-hydrogen) atoms. The maximum absolute atomic E-state index is 14.1. The normalized spacial score (nSPS) is 12.8. The number of ether oxygens (including phenoxy) is 3. The molecule has 3 aromatic carbocycles. The van der Waals surface area contributed by atoms with Crippen LogP contribution in [0.1, 0.15) is 37.5 Å². The van der Waals surface area contributed by atoms with Crippen molar-refractivity contribution in [1.29, 1.82) is 0 Å². The quantitative estimate of drug-likeness (QED) is 0.0969. The molecule has 1 heterocycles. The van der Waals surface area contributed by atoms with Gasteiger partial charge in [0.2, 0.25) is 0 Å². The highest BCUT2D eigenvalue weighted by atomic mass is 19.4. The molecule has 13 heteroatoms. The fourth-order valence-electron chi connectivity index (χ4n) is 4.55. The topological polar surface area (TPSA) is 125 Å². The molecule has 0 aliphatic heterocycles. The number of carbonyl (C=O) groups excluding carboxylic acids is 2. The van der Waals surface area contributed by atoms with E-state index in [1.165, 1.54) is 42.6 Å². The first-order valence-electron chi connectivity index (χ1n) is 13.9. The summed E-state index contributed by atoms with van der Waals surface area (Å²) in [7, 11) is 0. The van der Waals surface area contributed by atoms with Gasteiger partial charge in [-0.2, -0.15) is 13.2 Å². The second-order valence-electron chi connectivity index (χ2n) is 10.2. The molecule has 0 saturated heterocycles. The number of fused-ring (bicyclic) bond motifs is 1. The number of hydrogen-bond acceptors (Lipinski definition) is 8. The summed E-state index contributed by atoms with van der Waals surface area (Å²) in [6.45, 7) is 4.39. The Morgan fingerprint density at radius 1 is 0.978 bits per heavy atom. The Hall–Kier alpha value is -5.07. The molecular weight excluding hydrogens is 596 g/mol. The van der Waals surface area contributed by atoms with Crippen LogP contribution in [0.5, 0.6) is 11.5 Å². The van der Waals surface area contributed by atoms with Crippen LogP contribution in [0.2, 0.25) is 0 Å². The van der Waals surface area contributed by atoms with E-state index in [-0.39, 0.29) is 47.8 Å². The van der Waals surface area contributed by atoms with Crippen molar-refractivity contribution in [1.82, 2.24) is 10.3 Å². The molecule has 4 aromatic rings. The van der Waals surface area contributed by atoms with Crippen LogP contribution < -0.4 is 25.8 Å².